The zero-order valence-electron chi connectivity index (χ0n) is 17.3. The molecule has 8 heteroatoms. The van der Waals surface area contributed by atoms with E-state index in [0.29, 0.717) is 30.2 Å². The van der Waals surface area contributed by atoms with Crippen molar-refractivity contribution in [2.45, 2.75) is 26.8 Å². The third kappa shape index (κ3) is 5.55. The van der Waals surface area contributed by atoms with Crippen molar-refractivity contribution < 1.29 is 19.1 Å². The number of methoxy groups -OCH3 is 1. The molecule has 158 valence electrons. The number of benzene rings is 2. The average Bonchev–Trinajstić information content (AvgIpc) is 3.04. The summed E-state index contributed by atoms with van der Waals surface area (Å²) in [7, 11) is 1.61. The summed E-state index contributed by atoms with van der Waals surface area (Å²) in [5, 5.41) is 2.79. The van der Waals surface area contributed by atoms with Crippen LogP contribution in [0.5, 0.6) is 5.75 Å². The summed E-state index contributed by atoms with van der Waals surface area (Å²) >= 11 is 1.42. The van der Waals surface area contributed by atoms with Gasteiger partial charge < -0.3 is 19.4 Å². The third-order valence-corrected chi connectivity index (χ3v) is 5.44. The first-order chi connectivity index (χ1) is 14.5. The fourth-order valence-corrected chi connectivity index (χ4v) is 4.13. The van der Waals surface area contributed by atoms with E-state index in [2.05, 4.69) is 10.3 Å². The molecule has 0 aliphatic rings. The van der Waals surface area contributed by atoms with Gasteiger partial charge in [-0.3, -0.25) is 9.59 Å². The molecule has 0 aliphatic heterocycles. The molecule has 0 saturated heterocycles. The van der Waals surface area contributed by atoms with E-state index >= 15 is 0 Å². The van der Waals surface area contributed by atoms with Crippen molar-refractivity contribution in [1.82, 2.24) is 4.57 Å². The summed E-state index contributed by atoms with van der Waals surface area (Å²) < 4.78 is 13.6. The fourth-order valence-electron chi connectivity index (χ4n) is 3.02. The molecule has 1 N–H and O–H groups in total. The van der Waals surface area contributed by atoms with Crippen molar-refractivity contribution in [3.8, 4) is 5.75 Å². The molecule has 0 bridgehead atoms. The molecule has 0 aliphatic carbocycles. The molecule has 30 heavy (non-hydrogen) atoms. The highest BCUT2D eigenvalue weighted by Gasteiger charge is 2.10. The lowest BCUT2D eigenvalue weighted by molar-refractivity contribution is -0.117. The van der Waals surface area contributed by atoms with Crippen molar-refractivity contribution in [1.29, 1.82) is 0 Å². The molecule has 0 atom stereocenters. The number of hydrogen-bond acceptors (Lipinski definition) is 5. The maximum Gasteiger partial charge on any atom is 0.252 e. The number of anilines is 1. The summed E-state index contributed by atoms with van der Waals surface area (Å²) in [4.78, 5) is 29.0. The molecule has 3 rings (SSSR count). The van der Waals surface area contributed by atoms with Gasteiger partial charge in [-0.25, -0.2) is 0 Å². The first-order valence-corrected chi connectivity index (χ1v) is 10.5. The van der Waals surface area contributed by atoms with E-state index in [0.717, 1.165) is 21.5 Å². The summed E-state index contributed by atoms with van der Waals surface area (Å²) in [6.45, 7) is 5.15. The Labute approximate surface area is 179 Å². The van der Waals surface area contributed by atoms with Gasteiger partial charge >= 0.3 is 0 Å². The van der Waals surface area contributed by atoms with Gasteiger partial charge in [0.25, 0.3) is 5.91 Å². The number of rotatable bonds is 8. The normalized spacial score (nSPS) is 11.6. The van der Waals surface area contributed by atoms with Gasteiger partial charge in [0.1, 0.15) is 5.75 Å². The molecular weight excluding hydrogens is 402 g/mol. The minimum absolute atomic E-state index is 0.130. The number of fused-ring (bicyclic) bond motifs is 1. The maximum atomic E-state index is 12.6. The van der Waals surface area contributed by atoms with Crippen LogP contribution in [0.4, 0.5) is 5.69 Å². The topological polar surface area (TPSA) is 81.9 Å². The van der Waals surface area contributed by atoms with Gasteiger partial charge in [0.2, 0.25) is 5.91 Å². The van der Waals surface area contributed by atoms with Crippen molar-refractivity contribution in [3.63, 3.8) is 0 Å². The Kier molecular flexibility index (Phi) is 7.37. The van der Waals surface area contributed by atoms with Gasteiger partial charge in [0.05, 0.1) is 30.4 Å². The Bertz CT molecular complexity index is 1100. The van der Waals surface area contributed by atoms with E-state index in [4.69, 9.17) is 9.47 Å². The fraction of sp³-hybridized carbons (Fsp3) is 0.318. The lowest BCUT2D eigenvalue weighted by Gasteiger charge is -2.06. The molecule has 0 radical (unpaired) electrons. The predicted octanol–water partition coefficient (Wildman–Crippen LogP) is 3.38. The Hall–Kier alpha value is -2.97. The first-order valence-electron chi connectivity index (χ1n) is 9.69. The van der Waals surface area contributed by atoms with Crippen LogP contribution in [0, 0.1) is 0 Å². The van der Waals surface area contributed by atoms with Gasteiger partial charge in [0.15, 0.2) is 4.80 Å². The minimum atomic E-state index is -0.223. The summed E-state index contributed by atoms with van der Waals surface area (Å²) in [5.41, 5.74) is 2.54. The maximum absolute atomic E-state index is 12.6. The number of carbonyl (C=O) groups excluding carboxylic acids is 2. The molecule has 0 unspecified atom stereocenters. The summed E-state index contributed by atoms with van der Waals surface area (Å²) in [6.07, 6.45) is 0.209. The molecule has 1 heterocycles. The molecule has 1 aromatic heterocycles. The van der Waals surface area contributed by atoms with Crippen LogP contribution in [0.25, 0.3) is 10.2 Å². The van der Waals surface area contributed by atoms with E-state index in [-0.39, 0.29) is 18.2 Å². The van der Waals surface area contributed by atoms with Crippen molar-refractivity contribution in [2.24, 2.45) is 4.99 Å². The van der Waals surface area contributed by atoms with Crippen LogP contribution in [-0.4, -0.2) is 36.7 Å². The molecule has 0 fully saturated rings. The number of aromatic nitrogens is 1. The van der Waals surface area contributed by atoms with Crippen LogP contribution in [0.3, 0.4) is 0 Å². The molecule has 0 saturated carbocycles. The van der Waals surface area contributed by atoms with Crippen molar-refractivity contribution in [2.75, 3.05) is 25.6 Å². The number of carbonyl (C=O) groups is 2. The molecule has 3 aromatic rings. The Balaban J connectivity index is 1.92. The quantitative estimate of drug-likeness (QED) is 0.559. The highest BCUT2D eigenvalue weighted by Crippen LogP contribution is 2.22. The zero-order valence-corrected chi connectivity index (χ0v) is 18.1. The van der Waals surface area contributed by atoms with Crippen molar-refractivity contribution in [3.05, 3.63) is 52.8 Å². The lowest BCUT2D eigenvalue weighted by atomic mass is 10.1. The van der Waals surface area contributed by atoms with E-state index < -0.39 is 0 Å². The Morgan fingerprint density at radius 2 is 1.93 bits per heavy atom. The van der Waals surface area contributed by atoms with Crippen LogP contribution in [0.1, 0.15) is 19.4 Å². The van der Waals surface area contributed by atoms with E-state index in [9.17, 15) is 9.59 Å². The zero-order chi connectivity index (χ0) is 21.5. The summed E-state index contributed by atoms with van der Waals surface area (Å²) in [6, 6.07) is 13.0. The molecule has 2 amide bonds. The third-order valence-electron chi connectivity index (χ3n) is 4.40. The van der Waals surface area contributed by atoms with Crippen LogP contribution in [0.2, 0.25) is 0 Å². The van der Waals surface area contributed by atoms with Gasteiger partial charge in [0, 0.05) is 25.8 Å². The number of nitrogens with zero attached hydrogens (tertiary/aromatic N) is 2. The standard InChI is InChI=1S/C22H25N3O4S/c1-4-29-12-11-25-19-10-7-17(23-15(2)26)14-20(19)30-22(25)24-21(27)13-16-5-8-18(28-3)9-6-16/h5-10,14H,4,11-13H2,1-3H3,(H,23,26). The van der Waals surface area contributed by atoms with Gasteiger partial charge in [-0.2, -0.15) is 4.99 Å². The number of amides is 2. The second-order valence-electron chi connectivity index (χ2n) is 6.63. The Morgan fingerprint density at radius 1 is 1.17 bits per heavy atom. The number of nitrogens with one attached hydrogen (secondary N) is 1. The van der Waals surface area contributed by atoms with Crippen molar-refractivity contribution >= 4 is 39.1 Å². The number of thiazole rings is 1. The Morgan fingerprint density at radius 3 is 2.60 bits per heavy atom. The number of ether oxygens (including phenoxy) is 2. The highest BCUT2D eigenvalue weighted by molar-refractivity contribution is 7.16. The largest absolute Gasteiger partial charge is 0.497 e. The monoisotopic (exact) mass is 427 g/mol. The smallest absolute Gasteiger partial charge is 0.252 e. The average molecular weight is 428 g/mol. The first kappa shape index (κ1) is 21.7. The van der Waals surface area contributed by atoms with Gasteiger partial charge in [-0.15, -0.1) is 0 Å². The molecule has 0 spiro atoms. The van der Waals surface area contributed by atoms with E-state index in [1.54, 1.807) is 7.11 Å². The minimum Gasteiger partial charge on any atom is -0.497 e. The van der Waals surface area contributed by atoms with Gasteiger partial charge in [-0.1, -0.05) is 23.5 Å². The lowest BCUT2D eigenvalue weighted by Crippen LogP contribution is -2.20. The van der Waals surface area contributed by atoms with E-state index in [1.807, 2.05) is 54.0 Å². The second kappa shape index (κ2) is 10.2. The van der Waals surface area contributed by atoms with E-state index in [1.165, 1.54) is 18.3 Å². The SMILES string of the molecule is CCOCCn1c(=NC(=O)Cc2ccc(OC)cc2)sc2cc(NC(C)=O)ccc21. The molecule has 2 aromatic carbocycles. The van der Waals surface area contributed by atoms with Crippen LogP contribution < -0.4 is 14.9 Å². The van der Waals surface area contributed by atoms with Crippen LogP contribution >= 0.6 is 11.3 Å². The van der Waals surface area contributed by atoms with Crippen LogP contribution in [0.15, 0.2) is 47.5 Å². The predicted molar refractivity (Wildman–Crippen MR) is 118 cm³/mol. The highest BCUT2D eigenvalue weighted by atomic mass is 32.1. The molecule has 7 nitrogen and oxygen atoms in total. The van der Waals surface area contributed by atoms with Gasteiger partial charge in [-0.05, 0) is 42.8 Å². The summed E-state index contributed by atoms with van der Waals surface area (Å²) in [5.74, 6) is 0.394. The number of hydrogen-bond donors (Lipinski definition) is 1. The molecular formula is C22H25N3O4S. The van der Waals surface area contributed by atoms with Crippen LogP contribution in [-0.2, 0) is 27.3 Å². The second-order valence-corrected chi connectivity index (χ2v) is 7.64.